The number of nitrogen functional groups attached to an aromatic ring is 1. The Morgan fingerprint density at radius 3 is 2.82 bits per heavy atom. The molecule has 6 nitrogen and oxygen atoms in total. The maximum atomic E-state index is 11.3. The Bertz CT molecular complexity index is 884. The molecular weight excluding hydrogens is 282 g/mol. The maximum absolute atomic E-state index is 11.3. The van der Waals surface area contributed by atoms with Gasteiger partial charge in [-0.05, 0) is 31.2 Å². The van der Waals surface area contributed by atoms with Crippen LogP contribution >= 0.6 is 0 Å². The van der Waals surface area contributed by atoms with Gasteiger partial charge in [-0.25, -0.2) is 9.78 Å². The molecule has 2 aromatic heterocycles. The fourth-order valence-corrected chi connectivity index (χ4v) is 2.46. The Kier molecular flexibility index (Phi) is 3.21. The molecule has 0 fully saturated rings. The van der Waals surface area contributed by atoms with E-state index in [9.17, 15) is 9.90 Å². The van der Waals surface area contributed by atoms with Gasteiger partial charge in [-0.2, -0.15) is 0 Å². The second-order valence-electron chi connectivity index (χ2n) is 4.97. The van der Waals surface area contributed by atoms with Crippen molar-refractivity contribution in [1.29, 1.82) is 0 Å². The molecule has 3 aromatic rings. The van der Waals surface area contributed by atoms with E-state index in [1.807, 2.05) is 25.1 Å². The number of ether oxygens (including phenoxy) is 1. The van der Waals surface area contributed by atoms with Gasteiger partial charge in [0.05, 0.1) is 7.11 Å². The fourth-order valence-electron chi connectivity index (χ4n) is 2.46. The maximum Gasteiger partial charge on any atom is 0.339 e. The molecule has 3 rings (SSSR count). The van der Waals surface area contributed by atoms with Crippen LogP contribution in [0.5, 0.6) is 5.75 Å². The molecule has 0 spiro atoms. The summed E-state index contributed by atoms with van der Waals surface area (Å²) in [7, 11) is 1.57. The molecular formula is C16H15N3O3. The number of hydrogen-bond donors (Lipinski definition) is 2. The number of rotatable bonds is 3. The van der Waals surface area contributed by atoms with Gasteiger partial charge >= 0.3 is 5.97 Å². The van der Waals surface area contributed by atoms with E-state index in [4.69, 9.17) is 10.5 Å². The first-order valence-electron chi connectivity index (χ1n) is 6.67. The Morgan fingerprint density at radius 2 is 2.14 bits per heavy atom. The van der Waals surface area contributed by atoms with E-state index >= 15 is 0 Å². The van der Waals surface area contributed by atoms with Crippen LogP contribution in [0.4, 0.5) is 5.82 Å². The lowest BCUT2D eigenvalue weighted by Crippen LogP contribution is -2.01. The summed E-state index contributed by atoms with van der Waals surface area (Å²) < 4.78 is 6.93. The zero-order chi connectivity index (χ0) is 15.9. The highest BCUT2D eigenvalue weighted by Crippen LogP contribution is 2.34. The van der Waals surface area contributed by atoms with Crippen molar-refractivity contribution in [2.75, 3.05) is 12.8 Å². The number of carbonyl (C=O) groups is 1. The van der Waals surface area contributed by atoms with Crippen LogP contribution < -0.4 is 10.5 Å². The molecule has 0 aliphatic rings. The Labute approximate surface area is 126 Å². The van der Waals surface area contributed by atoms with Crippen LogP contribution in [0, 0.1) is 6.92 Å². The van der Waals surface area contributed by atoms with Crippen LogP contribution in [-0.2, 0) is 0 Å². The molecule has 0 aliphatic carbocycles. The van der Waals surface area contributed by atoms with E-state index in [1.165, 1.54) is 6.07 Å². The second kappa shape index (κ2) is 5.07. The van der Waals surface area contributed by atoms with Gasteiger partial charge in [0, 0.05) is 11.8 Å². The van der Waals surface area contributed by atoms with Crippen molar-refractivity contribution in [1.82, 2.24) is 9.38 Å². The highest BCUT2D eigenvalue weighted by Gasteiger charge is 2.19. The topological polar surface area (TPSA) is 89.8 Å². The third kappa shape index (κ3) is 2.05. The van der Waals surface area contributed by atoms with E-state index < -0.39 is 5.97 Å². The number of carboxylic acids is 1. The summed E-state index contributed by atoms with van der Waals surface area (Å²) in [6.45, 7) is 1.96. The van der Waals surface area contributed by atoms with Gasteiger partial charge in [-0.3, -0.25) is 4.40 Å². The van der Waals surface area contributed by atoms with E-state index in [0.29, 0.717) is 22.9 Å². The predicted molar refractivity (Wildman–Crippen MR) is 83.3 cm³/mol. The van der Waals surface area contributed by atoms with E-state index in [1.54, 1.807) is 23.8 Å². The SMILES string of the molecule is COc1ccc(C)cc1-c1nc2c(C(=O)O)cccn2c1N. The first-order valence-corrected chi connectivity index (χ1v) is 6.67. The Balaban J connectivity index is 2.33. The summed E-state index contributed by atoms with van der Waals surface area (Å²) in [6.07, 6.45) is 1.69. The molecule has 6 heteroatoms. The fraction of sp³-hybridized carbons (Fsp3) is 0.125. The predicted octanol–water partition coefficient (Wildman–Crippen LogP) is 2.60. The number of benzene rings is 1. The smallest absolute Gasteiger partial charge is 0.339 e. The van der Waals surface area contributed by atoms with Crippen molar-refractivity contribution in [3.05, 3.63) is 47.7 Å². The molecule has 1 aromatic carbocycles. The summed E-state index contributed by atoms with van der Waals surface area (Å²) >= 11 is 0. The van der Waals surface area contributed by atoms with E-state index in [2.05, 4.69) is 4.98 Å². The Morgan fingerprint density at radius 1 is 1.36 bits per heavy atom. The van der Waals surface area contributed by atoms with Crippen molar-refractivity contribution in [3.63, 3.8) is 0 Å². The van der Waals surface area contributed by atoms with Crippen molar-refractivity contribution in [2.45, 2.75) is 6.92 Å². The second-order valence-corrected chi connectivity index (χ2v) is 4.97. The number of anilines is 1. The molecule has 0 aliphatic heterocycles. The summed E-state index contributed by atoms with van der Waals surface area (Å²) in [5.74, 6) is -0.0297. The normalized spacial score (nSPS) is 10.8. The van der Waals surface area contributed by atoms with E-state index in [-0.39, 0.29) is 5.56 Å². The number of carboxylic acid groups (broad SMARTS) is 1. The van der Waals surface area contributed by atoms with Crippen molar-refractivity contribution in [3.8, 4) is 17.0 Å². The molecule has 0 bridgehead atoms. The highest BCUT2D eigenvalue weighted by molar-refractivity contribution is 5.96. The molecule has 0 amide bonds. The lowest BCUT2D eigenvalue weighted by Gasteiger charge is -2.08. The largest absolute Gasteiger partial charge is 0.496 e. The van der Waals surface area contributed by atoms with Crippen LogP contribution in [0.2, 0.25) is 0 Å². The van der Waals surface area contributed by atoms with E-state index in [0.717, 1.165) is 11.1 Å². The molecule has 0 saturated heterocycles. The lowest BCUT2D eigenvalue weighted by molar-refractivity contribution is 0.0698. The number of aromatic nitrogens is 2. The summed E-state index contributed by atoms with van der Waals surface area (Å²) in [5.41, 5.74) is 8.86. The number of hydrogen-bond acceptors (Lipinski definition) is 4. The highest BCUT2D eigenvalue weighted by atomic mass is 16.5. The third-order valence-corrected chi connectivity index (χ3v) is 3.53. The number of aryl methyl sites for hydroxylation is 1. The number of pyridine rings is 1. The summed E-state index contributed by atoms with van der Waals surface area (Å²) in [5, 5.41) is 9.28. The number of fused-ring (bicyclic) bond motifs is 1. The van der Waals surface area contributed by atoms with Gasteiger partial charge in [0.25, 0.3) is 0 Å². The molecule has 0 radical (unpaired) electrons. The van der Waals surface area contributed by atoms with Gasteiger partial charge in [-0.15, -0.1) is 0 Å². The number of nitrogens with two attached hydrogens (primary N) is 1. The minimum atomic E-state index is -1.04. The standard InChI is InChI=1S/C16H15N3O3/c1-9-5-6-12(22-2)11(8-9)13-14(17)19-7-3-4-10(16(20)21)15(19)18-13/h3-8H,17H2,1-2H3,(H,20,21). The summed E-state index contributed by atoms with van der Waals surface area (Å²) in [6, 6.07) is 8.81. The summed E-state index contributed by atoms with van der Waals surface area (Å²) in [4.78, 5) is 15.8. The van der Waals surface area contributed by atoms with Crippen LogP contribution in [-0.4, -0.2) is 27.6 Å². The minimum Gasteiger partial charge on any atom is -0.496 e. The van der Waals surface area contributed by atoms with Crippen LogP contribution in [0.1, 0.15) is 15.9 Å². The van der Waals surface area contributed by atoms with Crippen molar-refractivity contribution in [2.24, 2.45) is 0 Å². The first-order chi connectivity index (χ1) is 10.5. The molecule has 2 heterocycles. The molecule has 0 saturated carbocycles. The zero-order valence-corrected chi connectivity index (χ0v) is 12.2. The first kappa shape index (κ1) is 13.9. The van der Waals surface area contributed by atoms with Crippen LogP contribution in [0.25, 0.3) is 16.9 Å². The number of nitrogens with zero attached hydrogens (tertiary/aromatic N) is 2. The van der Waals surface area contributed by atoms with Crippen molar-refractivity contribution >= 4 is 17.4 Å². The Hall–Kier alpha value is -3.02. The van der Waals surface area contributed by atoms with Crippen molar-refractivity contribution < 1.29 is 14.6 Å². The van der Waals surface area contributed by atoms with Crippen LogP contribution in [0.3, 0.4) is 0 Å². The molecule has 0 unspecified atom stereocenters. The van der Waals surface area contributed by atoms with Gasteiger partial charge in [0.2, 0.25) is 0 Å². The average molecular weight is 297 g/mol. The zero-order valence-electron chi connectivity index (χ0n) is 12.2. The molecule has 3 N–H and O–H groups in total. The number of methoxy groups -OCH3 is 1. The minimum absolute atomic E-state index is 0.104. The van der Waals surface area contributed by atoms with Gasteiger partial charge in [-0.1, -0.05) is 11.6 Å². The van der Waals surface area contributed by atoms with Crippen LogP contribution in [0.15, 0.2) is 36.5 Å². The number of imidazole rings is 1. The average Bonchev–Trinajstić information content (AvgIpc) is 2.84. The number of aromatic carboxylic acids is 1. The van der Waals surface area contributed by atoms with Gasteiger partial charge < -0.3 is 15.6 Å². The lowest BCUT2D eigenvalue weighted by atomic mass is 10.1. The quantitative estimate of drug-likeness (QED) is 0.775. The van der Waals surface area contributed by atoms with Gasteiger partial charge in [0.1, 0.15) is 22.8 Å². The molecule has 112 valence electrons. The molecule has 0 atom stereocenters. The monoisotopic (exact) mass is 297 g/mol. The molecule has 22 heavy (non-hydrogen) atoms. The third-order valence-electron chi connectivity index (χ3n) is 3.53. The van der Waals surface area contributed by atoms with Gasteiger partial charge in [0.15, 0.2) is 5.65 Å².